The Hall–Kier alpha value is -1.66. The van der Waals surface area contributed by atoms with Crippen molar-refractivity contribution < 1.29 is 9.53 Å². The molecule has 1 unspecified atom stereocenters. The number of likely N-dealkylation sites (N-methyl/N-ethyl adjacent to an activating group) is 1. The van der Waals surface area contributed by atoms with Gasteiger partial charge in [0.2, 0.25) is 0 Å². The maximum absolute atomic E-state index is 12.0. The molecule has 1 aromatic rings. The fourth-order valence-electron chi connectivity index (χ4n) is 2.19. The Labute approximate surface area is 125 Å². The van der Waals surface area contributed by atoms with Gasteiger partial charge in [-0.05, 0) is 39.1 Å². The van der Waals surface area contributed by atoms with Crippen molar-refractivity contribution in [3.63, 3.8) is 0 Å². The molecule has 21 heavy (non-hydrogen) atoms. The van der Waals surface area contributed by atoms with Crippen LogP contribution >= 0.6 is 0 Å². The Morgan fingerprint density at radius 3 is 3.10 bits per heavy atom. The number of carbonyl (C=O) groups is 1. The fourth-order valence-corrected chi connectivity index (χ4v) is 2.19. The summed E-state index contributed by atoms with van der Waals surface area (Å²) in [5, 5.41) is 6.16. The van der Waals surface area contributed by atoms with Crippen LogP contribution in [-0.2, 0) is 4.74 Å². The topological polar surface area (TPSA) is 66.5 Å². The highest BCUT2D eigenvalue weighted by atomic mass is 16.5. The number of hydrogen-bond donors (Lipinski definition) is 2. The van der Waals surface area contributed by atoms with Gasteiger partial charge < -0.3 is 20.3 Å². The summed E-state index contributed by atoms with van der Waals surface area (Å²) in [6.45, 7) is 3.04. The molecule has 2 N–H and O–H groups in total. The largest absolute Gasteiger partial charge is 0.382 e. The smallest absolute Gasteiger partial charge is 0.269 e. The quantitative estimate of drug-likeness (QED) is 0.784. The van der Waals surface area contributed by atoms with E-state index in [2.05, 4.69) is 15.6 Å². The van der Waals surface area contributed by atoms with Crippen molar-refractivity contribution >= 4 is 11.6 Å². The number of nitrogens with one attached hydrogen (secondary N) is 2. The van der Waals surface area contributed by atoms with Crippen LogP contribution in [0.15, 0.2) is 18.3 Å². The zero-order valence-electron chi connectivity index (χ0n) is 12.8. The van der Waals surface area contributed by atoms with Crippen molar-refractivity contribution in [2.45, 2.75) is 18.9 Å². The molecule has 0 radical (unpaired) electrons. The van der Waals surface area contributed by atoms with E-state index in [1.807, 2.05) is 25.1 Å². The van der Waals surface area contributed by atoms with Gasteiger partial charge in [0.1, 0.15) is 5.69 Å². The molecule has 2 rings (SSSR count). The molecule has 1 aliphatic rings. The van der Waals surface area contributed by atoms with Gasteiger partial charge >= 0.3 is 0 Å². The highest BCUT2D eigenvalue weighted by Gasteiger charge is 2.15. The molecule has 1 amide bonds. The molecule has 1 aliphatic heterocycles. The maximum Gasteiger partial charge on any atom is 0.269 e. The van der Waals surface area contributed by atoms with Crippen molar-refractivity contribution in [3.05, 3.63) is 24.0 Å². The van der Waals surface area contributed by atoms with E-state index < -0.39 is 0 Å². The molecule has 1 atom stereocenters. The zero-order valence-corrected chi connectivity index (χ0v) is 12.8. The van der Waals surface area contributed by atoms with Gasteiger partial charge in [0.15, 0.2) is 0 Å². The first kappa shape index (κ1) is 15.7. The third kappa shape index (κ3) is 5.32. The lowest BCUT2D eigenvalue weighted by atomic mass is 10.2. The van der Waals surface area contributed by atoms with E-state index in [1.165, 1.54) is 0 Å². The van der Waals surface area contributed by atoms with Gasteiger partial charge in [-0.25, -0.2) is 0 Å². The number of pyridine rings is 1. The van der Waals surface area contributed by atoms with Crippen molar-refractivity contribution in [2.24, 2.45) is 0 Å². The summed E-state index contributed by atoms with van der Waals surface area (Å²) in [5.41, 5.74) is 1.34. The molecule has 0 saturated carbocycles. The van der Waals surface area contributed by atoms with Crippen LogP contribution < -0.4 is 10.6 Å². The summed E-state index contributed by atoms with van der Waals surface area (Å²) in [5.74, 6) is -0.141. The van der Waals surface area contributed by atoms with Crippen molar-refractivity contribution in [3.8, 4) is 0 Å². The summed E-state index contributed by atoms with van der Waals surface area (Å²) in [6.07, 6.45) is 4.15. The van der Waals surface area contributed by atoms with E-state index in [-0.39, 0.29) is 12.0 Å². The first-order valence-corrected chi connectivity index (χ1v) is 7.39. The van der Waals surface area contributed by atoms with E-state index in [0.29, 0.717) is 12.2 Å². The van der Waals surface area contributed by atoms with E-state index in [0.717, 1.165) is 38.2 Å². The molecular weight excluding hydrogens is 268 g/mol. The van der Waals surface area contributed by atoms with Gasteiger partial charge in [0.05, 0.1) is 6.10 Å². The number of hydrogen-bond acceptors (Lipinski definition) is 5. The summed E-state index contributed by atoms with van der Waals surface area (Å²) in [4.78, 5) is 18.1. The van der Waals surface area contributed by atoms with Crippen LogP contribution in [0.5, 0.6) is 0 Å². The summed E-state index contributed by atoms with van der Waals surface area (Å²) < 4.78 is 5.57. The van der Waals surface area contributed by atoms with Crippen LogP contribution in [0.3, 0.4) is 0 Å². The highest BCUT2D eigenvalue weighted by molar-refractivity contribution is 5.93. The molecule has 1 fully saturated rings. The second kappa shape index (κ2) is 7.95. The Kier molecular flexibility index (Phi) is 5.95. The maximum atomic E-state index is 12.0. The Balaban J connectivity index is 1.82. The standard InChI is InChI=1S/C15H24N4O2/c1-19(2)8-7-17-15(20)14-10-12(5-6-16-14)18-11-13-4-3-9-21-13/h5-6,10,13H,3-4,7-9,11H2,1-2H3,(H,16,18)(H,17,20). The van der Waals surface area contributed by atoms with Crippen LogP contribution in [0, 0.1) is 0 Å². The molecule has 0 bridgehead atoms. The Morgan fingerprint density at radius 1 is 1.52 bits per heavy atom. The molecule has 0 spiro atoms. The van der Waals surface area contributed by atoms with Crippen LogP contribution in [0.25, 0.3) is 0 Å². The number of amides is 1. The second-order valence-electron chi connectivity index (χ2n) is 5.50. The second-order valence-corrected chi connectivity index (χ2v) is 5.50. The molecule has 116 valence electrons. The van der Waals surface area contributed by atoms with E-state index in [4.69, 9.17) is 4.74 Å². The lowest BCUT2D eigenvalue weighted by molar-refractivity contribution is 0.0946. The van der Waals surface area contributed by atoms with Crippen LogP contribution in [0.2, 0.25) is 0 Å². The molecule has 6 heteroatoms. The van der Waals surface area contributed by atoms with Gasteiger partial charge in [0, 0.05) is 38.1 Å². The molecular formula is C15H24N4O2. The van der Waals surface area contributed by atoms with Gasteiger partial charge in [-0.2, -0.15) is 0 Å². The SMILES string of the molecule is CN(C)CCNC(=O)c1cc(NCC2CCCO2)ccn1. The number of aromatic nitrogens is 1. The summed E-state index contributed by atoms with van der Waals surface area (Å²) in [6, 6.07) is 3.64. The van der Waals surface area contributed by atoms with Gasteiger partial charge in [-0.3, -0.25) is 9.78 Å². The van der Waals surface area contributed by atoms with Crippen LogP contribution in [0.4, 0.5) is 5.69 Å². The number of rotatable bonds is 7. The fraction of sp³-hybridized carbons (Fsp3) is 0.600. The number of anilines is 1. The monoisotopic (exact) mass is 292 g/mol. The highest BCUT2D eigenvalue weighted by Crippen LogP contribution is 2.14. The Bertz CT molecular complexity index is 459. The zero-order chi connectivity index (χ0) is 15.1. The van der Waals surface area contributed by atoms with Crippen molar-refractivity contribution in [1.82, 2.24) is 15.2 Å². The van der Waals surface area contributed by atoms with Gasteiger partial charge in [-0.15, -0.1) is 0 Å². The molecule has 2 heterocycles. The van der Waals surface area contributed by atoms with Gasteiger partial charge in [0.25, 0.3) is 5.91 Å². The van der Waals surface area contributed by atoms with E-state index >= 15 is 0 Å². The predicted octanol–water partition coefficient (Wildman–Crippen LogP) is 0.964. The molecule has 0 aromatic carbocycles. The summed E-state index contributed by atoms with van der Waals surface area (Å²) in [7, 11) is 3.94. The Morgan fingerprint density at radius 2 is 2.38 bits per heavy atom. The number of nitrogens with zero attached hydrogens (tertiary/aromatic N) is 2. The predicted molar refractivity (Wildman–Crippen MR) is 82.6 cm³/mol. The van der Waals surface area contributed by atoms with E-state index in [9.17, 15) is 4.79 Å². The summed E-state index contributed by atoms with van der Waals surface area (Å²) >= 11 is 0. The lowest BCUT2D eigenvalue weighted by Crippen LogP contribution is -2.31. The van der Waals surface area contributed by atoms with Crippen molar-refractivity contribution in [1.29, 1.82) is 0 Å². The minimum absolute atomic E-state index is 0.141. The lowest BCUT2D eigenvalue weighted by Gasteiger charge is -2.13. The van der Waals surface area contributed by atoms with Gasteiger partial charge in [-0.1, -0.05) is 0 Å². The molecule has 1 saturated heterocycles. The first-order chi connectivity index (χ1) is 10.1. The average molecular weight is 292 g/mol. The normalized spacial score (nSPS) is 18.0. The van der Waals surface area contributed by atoms with Crippen molar-refractivity contribution in [2.75, 3.05) is 45.7 Å². The first-order valence-electron chi connectivity index (χ1n) is 7.39. The molecule has 0 aliphatic carbocycles. The third-order valence-electron chi connectivity index (χ3n) is 3.39. The molecule has 6 nitrogen and oxygen atoms in total. The number of carbonyl (C=O) groups excluding carboxylic acids is 1. The third-order valence-corrected chi connectivity index (χ3v) is 3.39. The molecule has 1 aromatic heterocycles. The minimum atomic E-state index is -0.141. The van der Waals surface area contributed by atoms with Crippen LogP contribution in [-0.4, -0.2) is 62.2 Å². The minimum Gasteiger partial charge on any atom is -0.382 e. The van der Waals surface area contributed by atoms with Crippen LogP contribution in [0.1, 0.15) is 23.3 Å². The number of ether oxygens (including phenoxy) is 1. The van der Waals surface area contributed by atoms with E-state index in [1.54, 1.807) is 12.3 Å². The average Bonchev–Trinajstić information content (AvgIpc) is 2.98.